The van der Waals surface area contributed by atoms with Crippen LogP contribution in [-0.4, -0.2) is 49.8 Å². The maximum atomic E-state index is 12.0. The van der Waals surface area contributed by atoms with Gasteiger partial charge in [0.05, 0.1) is 7.11 Å². The number of nitrogens with zero attached hydrogens (tertiary/aromatic N) is 1. The maximum absolute atomic E-state index is 12.0. The number of carbonyl (C=O) groups excluding carboxylic acids is 1. The van der Waals surface area contributed by atoms with Gasteiger partial charge in [-0.2, -0.15) is 0 Å². The molecule has 0 N–H and O–H groups in total. The molecule has 2 bridgehead atoms. The number of carbonyl (C=O) groups is 1. The van der Waals surface area contributed by atoms with Crippen molar-refractivity contribution < 1.29 is 19.0 Å². The van der Waals surface area contributed by atoms with Crippen molar-refractivity contribution in [2.45, 2.75) is 49.9 Å². The molecule has 5 heteroatoms. The van der Waals surface area contributed by atoms with Gasteiger partial charge in [0.15, 0.2) is 17.6 Å². The lowest BCUT2D eigenvalue weighted by molar-refractivity contribution is -0.154. The van der Waals surface area contributed by atoms with E-state index in [4.69, 9.17) is 14.2 Å². The Morgan fingerprint density at radius 3 is 3.00 bits per heavy atom. The van der Waals surface area contributed by atoms with E-state index < -0.39 is 0 Å². The van der Waals surface area contributed by atoms with Crippen molar-refractivity contribution in [2.24, 2.45) is 5.92 Å². The van der Waals surface area contributed by atoms with E-state index in [2.05, 4.69) is 30.2 Å². The molecule has 1 fully saturated rings. The Bertz CT molecular complexity index is 803. The van der Waals surface area contributed by atoms with Crippen molar-refractivity contribution >= 4 is 5.97 Å². The average molecular weight is 355 g/mol. The molecule has 1 aromatic rings. The van der Waals surface area contributed by atoms with Gasteiger partial charge in [0.2, 0.25) is 0 Å². The molecular weight excluding hydrogens is 330 g/mol. The lowest BCUT2D eigenvalue weighted by atomic mass is 9.53. The van der Waals surface area contributed by atoms with E-state index in [0.29, 0.717) is 18.4 Å². The molecule has 5 rings (SSSR count). The third-order valence-corrected chi connectivity index (χ3v) is 6.89. The highest BCUT2D eigenvalue weighted by molar-refractivity contribution is 5.70. The van der Waals surface area contributed by atoms with Crippen LogP contribution in [0.1, 0.15) is 30.9 Å². The highest BCUT2D eigenvalue weighted by atomic mass is 16.6. The lowest BCUT2D eigenvalue weighted by Crippen LogP contribution is -2.65. The minimum atomic E-state index is -0.342. The number of hydrogen-bond donors (Lipinski definition) is 0. The highest BCUT2D eigenvalue weighted by Gasteiger charge is 2.65. The molecule has 2 aliphatic heterocycles. The molecule has 0 amide bonds. The number of likely N-dealkylation sites (N-methyl/N-ethyl adjacent to an activating group) is 1. The van der Waals surface area contributed by atoms with Gasteiger partial charge in [-0.15, -0.1) is 0 Å². The van der Waals surface area contributed by atoms with Gasteiger partial charge in [0, 0.05) is 29.4 Å². The molecule has 138 valence electrons. The van der Waals surface area contributed by atoms with Crippen molar-refractivity contribution in [2.75, 3.05) is 20.7 Å². The number of hydrogen-bond acceptors (Lipinski definition) is 5. The third kappa shape index (κ3) is 1.87. The van der Waals surface area contributed by atoms with Crippen LogP contribution in [0.25, 0.3) is 0 Å². The second-order valence-corrected chi connectivity index (χ2v) is 7.93. The lowest BCUT2D eigenvalue weighted by Gasteiger charge is -2.56. The van der Waals surface area contributed by atoms with Gasteiger partial charge in [-0.1, -0.05) is 19.1 Å². The predicted molar refractivity (Wildman–Crippen MR) is 96.6 cm³/mol. The fourth-order valence-electron chi connectivity index (χ4n) is 5.71. The van der Waals surface area contributed by atoms with Gasteiger partial charge in [-0.25, -0.2) is 0 Å². The summed E-state index contributed by atoms with van der Waals surface area (Å²) in [4.78, 5) is 14.5. The fraction of sp³-hybridized carbons (Fsp3) is 0.571. The summed E-state index contributed by atoms with van der Waals surface area (Å²) in [5.74, 6) is 1.85. The SMILES string of the molecule is CCC(=O)OC1C=CC2C3Cc4ccc(OC)c5c4C2(CCN3C)C1O5. The zero-order valence-electron chi connectivity index (χ0n) is 15.5. The van der Waals surface area contributed by atoms with Gasteiger partial charge in [-0.3, -0.25) is 4.79 Å². The molecule has 1 spiro atoms. The zero-order chi connectivity index (χ0) is 18.1. The van der Waals surface area contributed by atoms with E-state index in [0.717, 1.165) is 30.9 Å². The van der Waals surface area contributed by atoms with Gasteiger partial charge in [-0.05, 0) is 44.1 Å². The first-order chi connectivity index (χ1) is 12.6. The molecule has 1 aromatic carbocycles. The Labute approximate surface area is 153 Å². The van der Waals surface area contributed by atoms with E-state index in [1.165, 1.54) is 11.1 Å². The number of piperidine rings is 1. The van der Waals surface area contributed by atoms with Crippen molar-refractivity contribution in [1.29, 1.82) is 0 Å². The first-order valence-corrected chi connectivity index (χ1v) is 9.55. The summed E-state index contributed by atoms with van der Waals surface area (Å²) >= 11 is 0. The molecule has 4 aliphatic rings. The van der Waals surface area contributed by atoms with E-state index >= 15 is 0 Å². The molecule has 5 unspecified atom stereocenters. The molecule has 26 heavy (non-hydrogen) atoms. The molecule has 0 aromatic heterocycles. The smallest absolute Gasteiger partial charge is 0.306 e. The quantitative estimate of drug-likeness (QED) is 0.616. The van der Waals surface area contributed by atoms with Crippen molar-refractivity contribution in [3.63, 3.8) is 0 Å². The van der Waals surface area contributed by atoms with Crippen LogP contribution in [0.2, 0.25) is 0 Å². The van der Waals surface area contributed by atoms with Crippen molar-refractivity contribution in [1.82, 2.24) is 4.90 Å². The minimum absolute atomic E-state index is 0.123. The minimum Gasteiger partial charge on any atom is -0.493 e. The molecule has 2 heterocycles. The Hall–Kier alpha value is -2.01. The van der Waals surface area contributed by atoms with Crippen LogP contribution in [0, 0.1) is 5.92 Å². The summed E-state index contributed by atoms with van der Waals surface area (Å²) in [5, 5.41) is 0. The second kappa shape index (κ2) is 5.49. The molecule has 0 saturated carbocycles. The normalized spacial score (nSPS) is 36.3. The summed E-state index contributed by atoms with van der Waals surface area (Å²) in [6.45, 7) is 2.85. The van der Waals surface area contributed by atoms with Gasteiger partial charge >= 0.3 is 5.97 Å². The number of esters is 1. The first kappa shape index (κ1) is 16.2. The van der Waals surface area contributed by atoms with Crippen LogP contribution in [0.15, 0.2) is 24.3 Å². The van der Waals surface area contributed by atoms with Crippen molar-refractivity contribution in [3.8, 4) is 11.5 Å². The number of likely N-dealkylation sites (tertiary alicyclic amines) is 1. The molecule has 5 atom stereocenters. The number of benzene rings is 1. The largest absolute Gasteiger partial charge is 0.493 e. The monoisotopic (exact) mass is 355 g/mol. The topological polar surface area (TPSA) is 48.0 Å². The summed E-state index contributed by atoms with van der Waals surface area (Å²) < 4.78 is 17.9. The summed E-state index contributed by atoms with van der Waals surface area (Å²) in [6, 6.07) is 4.66. The Morgan fingerprint density at radius 2 is 2.23 bits per heavy atom. The third-order valence-electron chi connectivity index (χ3n) is 6.89. The van der Waals surface area contributed by atoms with Crippen LogP contribution < -0.4 is 9.47 Å². The maximum Gasteiger partial charge on any atom is 0.306 e. The molecule has 0 radical (unpaired) electrons. The number of methoxy groups -OCH3 is 1. The second-order valence-electron chi connectivity index (χ2n) is 7.93. The van der Waals surface area contributed by atoms with E-state index in [1.54, 1.807) is 7.11 Å². The van der Waals surface area contributed by atoms with Crippen molar-refractivity contribution in [3.05, 3.63) is 35.4 Å². The average Bonchev–Trinajstić information content (AvgIpc) is 3.00. The Morgan fingerprint density at radius 1 is 1.38 bits per heavy atom. The highest BCUT2D eigenvalue weighted by Crippen LogP contribution is 2.62. The van der Waals surface area contributed by atoms with E-state index in [1.807, 2.05) is 13.0 Å². The van der Waals surface area contributed by atoms with Gasteiger partial charge < -0.3 is 19.1 Å². The van der Waals surface area contributed by atoms with Crippen LogP contribution in [0.5, 0.6) is 11.5 Å². The Kier molecular flexibility index (Phi) is 3.42. The first-order valence-electron chi connectivity index (χ1n) is 9.55. The molecule has 2 aliphatic carbocycles. The Balaban J connectivity index is 1.70. The number of rotatable bonds is 3. The van der Waals surface area contributed by atoms with E-state index in [-0.39, 0.29) is 23.6 Å². The van der Waals surface area contributed by atoms with Crippen LogP contribution in [0.4, 0.5) is 0 Å². The van der Waals surface area contributed by atoms with Crippen LogP contribution in [-0.2, 0) is 21.4 Å². The number of ether oxygens (including phenoxy) is 3. The van der Waals surface area contributed by atoms with Gasteiger partial charge in [0.1, 0.15) is 6.10 Å². The van der Waals surface area contributed by atoms with E-state index in [9.17, 15) is 4.79 Å². The molecule has 1 saturated heterocycles. The zero-order valence-corrected chi connectivity index (χ0v) is 15.5. The fourth-order valence-corrected chi connectivity index (χ4v) is 5.71. The van der Waals surface area contributed by atoms with Gasteiger partial charge in [0.25, 0.3) is 0 Å². The van der Waals surface area contributed by atoms with Crippen LogP contribution >= 0.6 is 0 Å². The van der Waals surface area contributed by atoms with Crippen LogP contribution in [0.3, 0.4) is 0 Å². The molecule has 5 nitrogen and oxygen atoms in total. The summed E-state index contributed by atoms with van der Waals surface area (Å²) in [6.07, 6.45) is 6.23. The standard InChI is InChI=1S/C21H25NO4/c1-4-17(23)25-16-8-6-13-14-11-12-5-7-15(24-3)19-18(12)21(13,20(16)26-19)9-10-22(14)2/h5-8,13-14,16,20H,4,9-11H2,1-3H3. The predicted octanol–water partition coefficient (Wildman–Crippen LogP) is 2.46. The molecular formula is C21H25NO4. The summed E-state index contributed by atoms with van der Waals surface area (Å²) in [5.41, 5.74) is 2.53. The summed E-state index contributed by atoms with van der Waals surface area (Å²) in [7, 11) is 3.90.